The number of nitrogens with two attached hydrogens (primary N) is 1. The van der Waals surface area contributed by atoms with Gasteiger partial charge in [0.15, 0.2) is 23.8 Å². The normalized spacial score (nSPS) is 14.1. The van der Waals surface area contributed by atoms with Crippen LogP contribution in [0, 0.1) is 0 Å². The molecule has 26 heavy (non-hydrogen) atoms. The van der Waals surface area contributed by atoms with Gasteiger partial charge in [-0.25, -0.2) is 0 Å². The third-order valence-electron chi connectivity index (χ3n) is 3.93. The van der Waals surface area contributed by atoms with Gasteiger partial charge in [0.25, 0.3) is 11.8 Å². The number of ether oxygens (including phenoxy) is 3. The Morgan fingerprint density at radius 2 is 2.04 bits per heavy atom. The van der Waals surface area contributed by atoms with Crippen molar-refractivity contribution in [3.63, 3.8) is 0 Å². The summed E-state index contributed by atoms with van der Waals surface area (Å²) < 4.78 is 16.1. The lowest BCUT2D eigenvalue weighted by Gasteiger charge is -2.26. The molecule has 2 amide bonds. The van der Waals surface area contributed by atoms with E-state index in [0.717, 1.165) is 0 Å². The topological polar surface area (TPSA) is 133 Å². The second kappa shape index (κ2) is 7.83. The molecule has 1 aliphatic rings. The van der Waals surface area contributed by atoms with Crippen LogP contribution in [0.1, 0.15) is 10.5 Å². The number of carbonyl (C=O) groups is 2. The Labute approximate surface area is 149 Å². The maximum absolute atomic E-state index is 12.2. The van der Waals surface area contributed by atoms with E-state index in [9.17, 15) is 9.59 Å². The predicted molar refractivity (Wildman–Crippen MR) is 89.8 cm³/mol. The molecule has 10 heteroatoms. The van der Waals surface area contributed by atoms with E-state index < -0.39 is 5.91 Å². The fourth-order valence-electron chi connectivity index (χ4n) is 2.58. The molecule has 0 spiro atoms. The largest absolute Gasteiger partial charge is 0.493 e. The van der Waals surface area contributed by atoms with Crippen molar-refractivity contribution in [3.8, 4) is 22.8 Å². The molecule has 0 atom stereocenters. The number of hydrogen-bond acceptors (Lipinski definition) is 7. The van der Waals surface area contributed by atoms with E-state index >= 15 is 0 Å². The van der Waals surface area contributed by atoms with Crippen molar-refractivity contribution in [2.24, 2.45) is 5.73 Å². The maximum atomic E-state index is 12.2. The standard InChI is InChI=1S/C16H19N5O5/c1-24-12-8-10(14-15(16(17)23)19-20-18-14)2-3-11(12)26-9-13(22)21-4-6-25-7-5-21/h2-3,8H,4-7,9H2,1H3,(H2,17,23)(H,18,19,20). The number of amides is 2. The predicted octanol–water partition coefficient (Wildman–Crippen LogP) is -0.183. The number of nitrogens with zero attached hydrogens (tertiary/aromatic N) is 3. The van der Waals surface area contributed by atoms with Crippen LogP contribution >= 0.6 is 0 Å². The summed E-state index contributed by atoms with van der Waals surface area (Å²) in [7, 11) is 1.48. The highest BCUT2D eigenvalue weighted by molar-refractivity contribution is 5.96. The third-order valence-corrected chi connectivity index (χ3v) is 3.93. The number of carbonyl (C=O) groups excluding carboxylic acids is 2. The Morgan fingerprint density at radius 1 is 1.27 bits per heavy atom. The Bertz CT molecular complexity index is 800. The van der Waals surface area contributed by atoms with Crippen molar-refractivity contribution >= 4 is 11.8 Å². The van der Waals surface area contributed by atoms with Crippen molar-refractivity contribution in [1.29, 1.82) is 0 Å². The first kappa shape index (κ1) is 17.7. The summed E-state index contributed by atoms with van der Waals surface area (Å²) in [5.74, 6) is -0.00576. The molecule has 10 nitrogen and oxygen atoms in total. The summed E-state index contributed by atoms with van der Waals surface area (Å²) >= 11 is 0. The molecule has 0 saturated carbocycles. The number of methoxy groups -OCH3 is 1. The number of rotatable bonds is 6. The van der Waals surface area contributed by atoms with Crippen LogP contribution in [-0.2, 0) is 9.53 Å². The number of primary amides is 1. The van der Waals surface area contributed by atoms with Crippen molar-refractivity contribution in [2.75, 3.05) is 40.0 Å². The first-order chi connectivity index (χ1) is 12.6. The highest BCUT2D eigenvalue weighted by Crippen LogP contribution is 2.32. The van der Waals surface area contributed by atoms with Crippen LogP contribution in [-0.4, -0.2) is 72.1 Å². The molecule has 0 bridgehead atoms. The van der Waals surface area contributed by atoms with Gasteiger partial charge in [-0.05, 0) is 18.2 Å². The minimum Gasteiger partial charge on any atom is -0.493 e. The molecule has 2 heterocycles. The molecule has 1 aliphatic heterocycles. The van der Waals surface area contributed by atoms with Gasteiger partial charge in [-0.3, -0.25) is 9.59 Å². The Hall–Kier alpha value is -3.14. The average Bonchev–Trinajstić information content (AvgIpc) is 3.17. The zero-order valence-electron chi connectivity index (χ0n) is 14.2. The number of nitrogens with one attached hydrogen (secondary N) is 1. The first-order valence-electron chi connectivity index (χ1n) is 7.97. The summed E-state index contributed by atoms with van der Waals surface area (Å²) in [5, 5.41) is 10.1. The lowest BCUT2D eigenvalue weighted by atomic mass is 10.1. The minimum atomic E-state index is -0.691. The second-order valence-electron chi connectivity index (χ2n) is 5.53. The highest BCUT2D eigenvalue weighted by Gasteiger charge is 2.20. The SMILES string of the molecule is COc1cc(-c2n[nH]nc2C(N)=O)ccc1OCC(=O)N1CCOCC1. The lowest BCUT2D eigenvalue weighted by molar-refractivity contribution is -0.137. The van der Waals surface area contributed by atoms with Crippen LogP contribution < -0.4 is 15.2 Å². The number of aromatic nitrogens is 3. The number of H-pyrrole nitrogens is 1. The Kier molecular flexibility index (Phi) is 5.32. The number of hydrogen-bond donors (Lipinski definition) is 2. The van der Waals surface area contributed by atoms with Crippen LogP contribution in [0.5, 0.6) is 11.5 Å². The van der Waals surface area contributed by atoms with Gasteiger partial charge in [-0.1, -0.05) is 0 Å². The summed E-state index contributed by atoms with van der Waals surface area (Å²) in [6.07, 6.45) is 0. The van der Waals surface area contributed by atoms with Crippen LogP contribution in [0.4, 0.5) is 0 Å². The van der Waals surface area contributed by atoms with E-state index in [0.29, 0.717) is 49.1 Å². The van der Waals surface area contributed by atoms with Gasteiger partial charge >= 0.3 is 0 Å². The zero-order valence-corrected chi connectivity index (χ0v) is 14.2. The van der Waals surface area contributed by atoms with Crippen molar-refractivity contribution in [3.05, 3.63) is 23.9 Å². The van der Waals surface area contributed by atoms with Gasteiger partial charge in [-0.15, -0.1) is 0 Å². The molecule has 3 N–H and O–H groups in total. The lowest BCUT2D eigenvalue weighted by Crippen LogP contribution is -2.43. The maximum Gasteiger partial charge on any atom is 0.271 e. The van der Waals surface area contributed by atoms with E-state index in [4.69, 9.17) is 19.9 Å². The Balaban J connectivity index is 1.73. The Morgan fingerprint density at radius 3 is 2.73 bits per heavy atom. The van der Waals surface area contributed by atoms with E-state index in [1.54, 1.807) is 23.1 Å². The summed E-state index contributed by atoms with van der Waals surface area (Å²) in [5.41, 5.74) is 6.20. The van der Waals surface area contributed by atoms with E-state index in [2.05, 4.69) is 15.4 Å². The van der Waals surface area contributed by atoms with Crippen LogP contribution in [0.2, 0.25) is 0 Å². The van der Waals surface area contributed by atoms with Crippen molar-refractivity contribution in [1.82, 2.24) is 20.3 Å². The van der Waals surface area contributed by atoms with Gasteiger partial charge in [-0.2, -0.15) is 15.4 Å². The zero-order chi connectivity index (χ0) is 18.5. The molecule has 1 aromatic carbocycles. The molecule has 1 aromatic heterocycles. The van der Waals surface area contributed by atoms with Gasteiger partial charge in [0, 0.05) is 18.7 Å². The minimum absolute atomic E-state index is 0.0308. The molecule has 1 saturated heterocycles. The van der Waals surface area contributed by atoms with Crippen molar-refractivity contribution in [2.45, 2.75) is 0 Å². The fraction of sp³-hybridized carbons (Fsp3) is 0.375. The molecule has 138 valence electrons. The highest BCUT2D eigenvalue weighted by atomic mass is 16.5. The van der Waals surface area contributed by atoms with E-state index in [1.165, 1.54) is 7.11 Å². The number of morpholine rings is 1. The fourth-order valence-corrected chi connectivity index (χ4v) is 2.58. The first-order valence-corrected chi connectivity index (χ1v) is 7.97. The average molecular weight is 361 g/mol. The van der Waals surface area contributed by atoms with E-state index in [-0.39, 0.29) is 18.2 Å². The van der Waals surface area contributed by atoms with Gasteiger partial charge in [0.2, 0.25) is 0 Å². The monoisotopic (exact) mass is 361 g/mol. The van der Waals surface area contributed by atoms with Crippen LogP contribution in [0.3, 0.4) is 0 Å². The van der Waals surface area contributed by atoms with E-state index in [1.807, 2.05) is 0 Å². The molecule has 3 rings (SSSR count). The number of aromatic amines is 1. The second-order valence-corrected chi connectivity index (χ2v) is 5.53. The molecule has 2 aromatic rings. The quantitative estimate of drug-likeness (QED) is 0.729. The summed E-state index contributed by atoms with van der Waals surface area (Å²) in [4.78, 5) is 25.3. The van der Waals surface area contributed by atoms with Gasteiger partial charge < -0.3 is 24.8 Å². The molecule has 1 fully saturated rings. The summed E-state index contributed by atoms with van der Waals surface area (Å²) in [6.45, 7) is 2.07. The molecule has 0 aliphatic carbocycles. The molecule has 0 unspecified atom stereocenters. The molecular formula is C16H19N5O5. The van der Waals surface area contributed by atoms with Gasteiger partial charge in [0.05, 0.1) is 20.3 Å². The van der Waals surface area contributed by atoms with Crippen LogP contribution in [0.15, 0.2) is 18.2 Å². The van der Waals surface area contributed by atoms with Gasteiger partial charge in [0.1, 0.15) is 5.69 Å². The van der Waals surface area contributed by atoms with Crippen molar-refractivity contribution < 1.29 is 23.8 Å². The molecule has 0 radical (unpaired) electrons. The van der Waals surface area contributed by atoms with Crippen LogP contribution in [0.25, 0.3) is 11.3 Å². The summed E-state index contributed by atoms with van der Waals surface area (Å²) in [6, 6.07) is 4.96. The smallest absolute Gasteiger partial charge is 0.271 e. The third kappa shape index (κ3) is 3.75. The number of benzene rings is 1. The molecular weight excluding hydrogens is 342 g/mol.